The number of hydrogen-bond donors (Lipinski definition) is 4. The molecule has 0 aliphatic carbocycles. The van der Waals surface area contributed by atoms with E-state index in [4.69, 9.17) is 0 Å². The maximum absolute atomic E-state index is 13.1. The molecule has 1 aromatic heterocycles. The highest BCUT2D eigenvalue weighted by molar-refractivity contribution is 5.90. The van der Waals surface area contributed by atoms with Gasteiger partial charge in [-0.1, -0.05) is 60.7 Å². The molecule has 0 aliphatic rings. The van der Waals surface area contributed by atoms with Gasteiger partial charge in [0, 0.05) is 24.7 Å². The summed E-state index contributed by atoms with van der Waals surface area (Å²) in [4.78, 5) is 44.4. The maximum atomic E-state index is 13.1. The molecule has 3 aromatic rings. The summed E-state index contributed by atoms with van der Waals surface area (Å²) < 4.78 is 0. The molecule has 3 rings (SSSR count). The first-order valence-electron chi connectivity index (χ1n) is 11.4. The number of nitrogens with zero attached hydrogens (tertiary/aromatic N) is 1. The molecule has 4 N–H and O–H groups in total. The van der Waals surface area contributed by atoms with Crippen molar-refractivity contribution in [1.82, 2.24) is 20.6 Å². The Morgan fingerprint density at radius 2 is 1.56 bits per heavy atom. The molecule has 8 heteroatoms. The van der Waals surface area contributed by atoms with Gasteiger partial charge in [0.05, 0.1) is 6.33 Å². The van der Waals surface area contributed by atoms with Crippen LogP contribution in [-0.4, -0.2) is 44.9 Å². The summed E-state index contributed by atoms with van der Waals surface area (Å²) in [6.07, 6.45) is 5.77. The van der Waals surface area contributed by atoms with E-state index in [0.717, 1.165) is 16.8 Å². The fourth-order valence-electron chi connectivity index (χ4n) is 3.68. The van der Waals surface area contributed by atoms with Gasteiger partial charge in [-0.25, -0.2) is 9.78 Å². The topological polar surface area (TPSA) is 124 Å². The molecule has 178 valence electrons. The summed E-state index contributed by atoms with van der Waals surface area (Å²) in [7, 11) is 0. The smallest absolute Gasteiger partial charge is 0.326 e. The molecule has 0 radical (unpaired) electrons. The van der Waals surface area contributed by atoms with Crippen molar-refractivity contribution in [1.29, 1.82) is 0 Å². The standard InChI is InChI=1S/C26H30N4O4/c31-24(15-14-19-8-3-1-4-9-19)29-23(16-20-10-5-2-6-11-20)25(32)30-22(26(33)34)13-7-12-21-17-27-18-28-21/h1-6,8-11,17-18,22-23H,7,12-16H2,(H,27,28)(H,29,31)(H,30,32)(H,33,34). The molecule has 2 atom stereocenters. The Morgan fingerprint density at radius 3 is 2.18 bits per heavy atom. The number of carbonyl (C=O) groups is 3. The molecular formula is C26H30N4O4. The average Bonchev–Trinajstić information content (AvgIpc) is 3.36. The zero-order valence-corrected chi connectivity index (χ0v) is 18.9. The molecule has 0 fully saturated rings. The summed E-state index contributed by atoms with van der Waals surface area (Å²) in [5.41, 5.74) is 2.81. The van der Waals surface area contributed by atoms with Crippen LogP contribution in [0, 0.1) is 0 Å². The number of amides is 2. The van der Waals surface area contributed by atoms with Gasteiger partial charge in [-0.3, -0.25) is 9.59 Å². The van der Waals surface area contributed by atoms with Gasteiger partial charge in [0.2, 0.25) is 11.8 Å². The Hall–Kier alpha value is -3.94. The molecule has 34 heavy (non-hydrogen) atoms. The second-order valence-corrected chi connectivity index (χ2v) is 8.16. The molecule has 2 unspecified atom stereocenters. The lowest BCUT2D eigenvalue weighted by molar-refractivity contribution is -0.142. The third-order valence-corrected chi connectivity index (χ3v) is 5.53. The summed E-state index contributed by atoms with van der Waals surface area (Å²) >= 11 is 0. The van der Waals surface area contributed by atoms with E-state index in [1.54, 1.807) is 12.5 Å². The molecule has 8 nitrogen and oxygen atoms in total. The van der Waals surface area contributed by atoms with Crippen molar-refractivity contribution in [3.63, 3.8) is 0 Å². The Morgan fingerprint density at radius 1 is 0.882 bits per heavy atom. The lowest BCUT2D eigenvalue weighted by Crippen LogP contribution is -2.52. The van der Waals surface area contributed by atoms with Gasteiger partial charge in [0.1, 0.15) is 12.1 Å². The van der Waals surface area contributed by atoms with Gasteiger partial charge < -0.3 is 20.7 Å². The molecule has 2 aromatic carbocycles. The minimum absolute atomic E-state index is 0.231. The quantitative estimate of drug-likeness (QED) is 0.311. The van der Waals surface area contributed by atoms with E-state index < -0.39 is 24.0 Å². The van der Waals surface area contributed by atoms with Crippen molar-refractivity contribution >= 4 is 17.8 Å². The van der Waals surface area contributed by atoms with Crippen molar-refractivity contribution in [2.24, 2.45) is 0 Å². The predicted octanol–water partition coefficient (Wildman–Crippen LogP) is 2.66. The number of carboxylic acids is 1. The largest absolute Gasteiger partial charge is 0.480 e. The highest BCUT2D eigenvalue weighted by Gasteiger charge is 2.26. The van der Waals surface area contributed by atoms with Crippen molar-refractivity contribution in [2.45, 2.75) is 50.6 Å². The Bertz CT molecular complexity index is 1040. The van der Waals surface area contributed by atoms with Crippen LogP contribution in [0.25, 0.3) is 0 Å². The predicted molar refractivity (Wildman–Crippen MR) is 128 cm³/mol. The van der Waals surface area contributed by atoms with Crippen LogP contribution in [0.3, 0.4) is 0 Å². The molecule has 0 saturated carbocycles. The molecule has 0 bridgehead atoms. The van der Waals surface area contributed by atoms with E-state index in [1.807, 2.05) is 60.7 Å². The van der Waals surface area contributed by atoms with Crippen LogP contribution < -0.4 is 10.6 Å². The van der Waals surface area contributed by atoms with Crippen molar-refractivity contribution in [2.75, 3.05) is 0 Å². The Labute approximate surface area is 198 Å². The summed E-state index contributed by atoms with van der Waals surface area (Å²) in [5.74, 6) is -1.87. The first kappa shape index (κ1) is 24.7. The number of hydrogen-bond acceptors (Lipinski definition) is 4. The number of H-pyrrole nitrogens is 1. The zero-order valence-electron chi connectivity index (χ0n) is 18.9. The normalized spacial score (nSPS) is 12.5. The minimum atomic E-state index is -1.10. The maximum Gasteiger partial charge on any atom is 0.326 e. The van der Waals surface area contributed by atoms with E-state index in [2.05, 4.69) is 20.6 Å². The fourth-order valence-corrected chi connectivity index (χ4v) is 3.68. The summed E-state index contributed by atoms with van der Waals surface area (Å²) in [6, 6.07) is 17.0. The van der Waals surface area contributed by atoms with Crippen molar-refractivity contribution in [3.8, 4) is 0 Å². The van der Waals surface area contributed by atoms with Crippen LogP contribution in [0.1, 0.15) is 36.1 Å². The van der Waals surface area contributed by atoms with Crippen LogP contribution in [-0.2, 0) is 33.6 Å². The molecule has 2 amide bonds. The number of aromatic amines is 1. The number of aryl methyl sites for hydroxylation is 2. The Kier molecular flexibility index (Phi) is 9.40. The summed E-state index contributed by atoms with van der Waals surface area (Å²) in [5, 5.41) is 15.0. The van der Waals surface area contributed by atoms with Crippen LogP contribution in [0.15, 0.2) is 73.2 Å². The second kappa shape index (κ2) is 12.9. The molecule has 0 saturated heterocycles. The minimum Gasteiger partial charge on any atom is -0.480 e. The van der Waals surface area contributed by atoms with Crippen molar-refractivity contribution in [3.05, 3.63) is 90.0 Å². The summed E-state index contributed by atoms with van der Waals surface area (Å²) in [6.45, 7) is 0. The van der Waals surface area contributed by atoms with E-state index in [9.17, 15) is 19.5 Å². The first-order valence-corrected chi connectivity index (χ1v) is 11.4. The van der Waals surface area contributed by atoms with Gasteiger partial charge in [-0.2, -0.15) is 0 Å². The number of benzene rings is 2. The van der Waals surface area contributed by atoms with Gasteiger partial charge in [-0.15, -0.1) is 0 Å². The molecule has 0 aliphatic heterocycles. The van der Waals surface area contributed by atoms with E-state index >= 15 is 0 Å². The number of aromatic nitrogens is 2. The lowest BCUT2D eigenvalue weighted by atomic mass is 10.0. The second-order valence-electron chi connectivity index (χ2n) is 8.16. The number of carbonyl (C=O) groups excluding carboxylic acids is 2. The van der Waals surface area contributed by atoms with E-state index in [-0.39, 0.29) is 25.2 Å². The third-order valence-electron chi connectivity index (χ3n) is 5.53. The van der Waals surface area contributed by atoms with Gasteiger partial charge >= 0.3 is 5.97 Å². The third kappa shape index (κ3) is 8.20. The molecular weight excluding hydrogens is 432 g/mol. The SMILES string of the molecule is O=C(CCc1ccccc1)NC(Cc1ccccc1)C(=O)NC(CCCc1cnc[nH]1)C(=O)O. The highest BCUT2D eigenvalue weighted by atomic mass is 16.4. The highest BCUT2D eigenvalue weighted by Crippen LogP contribution is 2.08. The van der Waals surface area contributed by atoms with E-state index in [0.29, 0.717) is 19.3 Å². The Balaban J connectivity index is 1.60. The monoisotopic (exact) mass is 462 g/mol. The fraction of sp³-hybridized carbons (Fsp3) is 0.308. The number of aliphatic carboxylic acids is 1. The zero-order chi connectivity index (χ0) is 24.2. The van der Waals surface area contributed by atoms with E-state index in [1.165, 1.54) is 0 Å². The molecule has 1 heterocycles. The van der Waals surface area contributed by atoms with Crippen molar-refractivity contribution < 1.29 is 19.5 Å². The van der Waals surface area contributed by atoms with Gasteiger partial charge in [0.15, 0.2) is 0 Å². The number of rotatable bonds is 13. The lowest BCUT2D eigenvalue weighted by Gasteiger charge is -2.22. The number of imidazole rings is 1. The molecule has 0 spiro atoms. The van der Waals surface area contributed by atoms with Gasteiger partial charge in [-0.05, 0) is 36.8 Å². The average molecular weight is 463 g/mol. The number of carboxylic acid groups (broad SMARTS) is 1. The van der Waals surface area contributed by atoms with Crippen LogP contribution in [0.5, 0.6) is 0 Å². The van der Waals surface area contributed by atoms with Crippen LogP contribution in [0.2, 0.25) is 0 Å². The first-order chi connectivity index (χ1) is 16.5. The van der Waals surface area contributed by atoms with Gasteiger partial charge in [0.25, 0.3) is 0 Å². The number of nitrogens with one attached hydrogen (secondary N) is 3. The van der Waals surface area contributed by atoms with Crippen LogP contribution >= 0.6 is 0 Å². The van der Waals surface area contributed by atoms with Crippen LogP contribution in [0.4, 0.5) is 0 Å².